The molecule has 0 saturated carbocycles. The van der Waals surface area contributed by atoms with Crippen molar-refractivity contribution in [1.82, 2.24) is 5.43 Å². The topological polar surface area (TPSA) is 24.4 Å². The van der Waals surface area contributed by atoms with Gasteiger partial charge in [-0.05, 0) is 19.3 Å². The summed E-state index contributed by atoms with van der Waals surface area (Å²) < 4.78 is 0. The average Bonchev–Trinajstić information content (AvgIpc) is 2.63. The lowest BCUT2D eigenvalue weighted by molar-refractivity contribution is 0.899. The summed E-state index contributed by atoms with van der Waals surface area (Å²) in [6.07, 6.45) is 7.41. The van der Waals surface area contributed by atoms with Crippen LogP contribution >= 0.6 is 11.8 Å². The molecular formula is C10H12N2S. The molecule has 3 heteroatoms. The number of allylic oxidation sites excluding steroid dienone is 3. The predicted molar refractivity (Wildman–Crippen MR) is 57.8 cm³/mol. The van der Waals surface area contributed by atoms with Gasteiger partial charge in [0, 0.05) is 23.1 Å². The Kier molecular flexibility index (Phi) is 2.30. The van der Waals surface area contributed by atoms with Gasteiger partial charge in [0.05, 0.1) is 5.70 Å². The van der Waals surface area contributed by atoms with Crippen LogP contribution in [-0.4, -0.2) is 17.4 Å². The Morgan fingerprint density at radius 1 is 1.62 bits per heavy atom. The standard InChI is InChI=1S/C10H12N2S/c1-7(13-2)8-3-4-10-9(5-8)6-11-12-10/h3-4,7,12H,5H2,1-2H3/t7-/m1/s1. The van der Waals surface area contributed by atoms with E-state index < -0.39 is 0 Å². The number of rotatable bonds is 2. The zero-order valence-electron chi connectivity index (χ0n) is 7.79. The molecule has 1 aliphatic heterocycles. The minimum atomic E-state index is 0.590. The maximum absolute atomic E-state index is 3.90. The Hall–Kier alpha value is -0.920. The van der Waals surface area contributed by atoms with Crippen molar-refractivity contribution in [2.45, 2.75) is 18.6 Å². The van der Waals surface area contributed by atoms with Crippen molar-refractivity contribution in [1.29, 1.82) is 0 Å². The summed E-state index contributed by atoms with van der Waals surface area (Å²) in [7, 11) is 0. The Morgan fingerprint density at radius 3 is 3.23 bits per heavy atom. The summed E-state index contributed by atoms with van der Waals surface area (Å²) in [5, 5.41) is 4.49. The third-order valence-corrected chi connectivity index (χ3v) is 3.42. The van der Waals surface area contributed by atoms with Gasteiger partial charge in [-0.2, -0.15) is 11.8 Å². The van der Waals surface area contributed by atoms with E-state index in [9.17, 15) is 0 Å². The average molecular weight is 192 g/mol. The zero-order chi connectivity index (χ0) is 9.26. The second-order valence-electron chi connectivity index (χ2n) is 3.19. The van der Waals surface area contributed by atoms with Crippen molar-refractivity contribution in [2.24, 2.45) is 5.10 Å². The van der Waals surface area contributed by atoms with Gasteiger partial charge in [0.15, 0.2) is 0 Å². The highest BCUT2D eigenvalue weighted by Crippen LogP contribution is 2.28. The Morgan fingerprint density at radius 2 is 2.46 bits per heavy atom. The molecule has 0 fully saturated rings. The van der Waals surface area contributed by atoms with Crippen molar-refractivity contribution in [2.75, 3.05) is 6.26 Å². The van der Waals surface area contributed by atoms with Crippen LogP contribution in [-0.2, 0) is 0 Å². The number of hydrogen-bond donors (Lipinski definition) is 1. The number of hydrogen-bond acceptors (Lipinski definition) is 3. The molecule has 0 spiro atoms. The Balaban J connectivity index is 2.22. The summed E-state index contributed by atoms with van der Waals surface area (Å²) in [4.78, 5) is 0. The molecule has 2 rings (SSSR count). The van der Waals surface area contributed by atoms with Gasteiger partial charge in [0.1, 0.15) is 0 Å². The fourth-order valence-corrected chi connectivity index (χ4v) is 1.90. The van der Waals surface area contributed by atoms with E-state index in [1.807, 2.05) is 11.8 Å². The van der Waals surface area contributed by atoms with Gasteiger partial charge in [0.25, 0.3) is 0 Å². The smallest absolute Gasteiger partial charge is 0.0697 e. The summed E-state index contributed by atoms with van der Waals surface area (Å²) in [5.41, 5.74) is 6.68. The van der Waals surface area contributed by atoms with Gasteiger partial charge in [-0.1, -0.05) is 11.6 Å². The van der Waals surface area contributed by atoms with Gasteiger partial charge in [-0.15, -0.1) is 5.10 Å². The molecule has 13 heavy (non-hydrogen) atoms. The van der Waals surface area contributed by atoms with E-state index in [2.05, 4.69) is 41.7 Å². The molecule has 0 aromatic rings. The normalized spacial score (nSPS) is 21.2. The predicted octanol–water partition coefficient (Wildman–Crippen LogP) is 2.07. The molecule has 2 aliphatic rings. The van der Waals surface area contributed by atoms with Crippen LogP contribution in [0.5, 0.6) is 0 Å². The summed E-state index contributed by atoms with van der Waals surface area (Å²) in [6, 6.07) is 0. The third-order valence-electron chi connectivity index (χ3n) is 2.41. The lowest BCUT2D eigenvalue weighted by Crippen LogP contribution is -2.10. The van der Waals surface area contributed by atoms with Crippen LogP contribution in [0, 0.1) is 0 Å². The van der Waals surface area contributed by atoms with Crippen molar-refractivity contribution < 1.29 is 0 Å². The quantitative estimate of drug-likeness (QED) is 0.724. The number of hydrazone groups is 1. The second kappa shape index (κ2) is 3.44. The van der Waals surface area contributed by atoms with E-state index in [4.69, 9.17) is 0 Å². The van der Waals surface area contributed by atoms with E-state index in [1.54, 1.807) is 0 Å². The maximum Gasteiger partial charge on any atom is 0.0697 e. The lowest BCUT2D eigenvalue weighted by atomic mass is 9.97. The molecule has 0 aromatic carbocycles. The van der Waals surface area contributed by atoms with E-state index >= 15 is 0 Å². The highest BCUT2D eigenvalue weighted by atomic mass is 32.2. The summed E-state index contributed by atoms with van der Waals surface area (Å²) in [6.45, 7) is 2.23. The monoisotopic (exact) mass is 192 g/mol. The lowest BCUT2D eigenvalue weighted by Gasteiger charge is -2.17. The summed E-state index contributed by atoms with van der Waals surface area (Å²) in [5.74, 6) is 2.98. The van der Waals surface area contributed by atoms with Crippen LogP contribution in [0.4, 0.5) is 0 Å². The number of nitrogens with one attached hydrogen (secondary N) is 1. The molecule has 0 bridgehead atoms. The van der Waals surface area contributed by atoms with Crippen molar-refractivity contribution in [3.8, 4) is 0 Å². The van der Waals surface area contributed by atoms with Crippen LogP contribution in [0.2, 0.25) is 0 Å². The van der Waals surface area contributed by atoms with Gasteiger partial charge in [-0.3, -0.25) is 5.43 Å². The number of nitrogens with zero attached hydrogens (tertiary/aromatic N) is 1. The molecule has 1 N–H and O–H groups in total. The third kappa shape index (κ3) is 1.58. The van der Waals surface area contributed by atoms with Crippen LogP contribution in [0.1, 0.15) is 13.3 Å². The number of fused-ring (bicyclic) bond motifs is 1. The first-order valence-corrected chi connectivity index (χ1v) is 5.61. The van der Waals surface area contributed by atoms with E-state index in [0.29, 0.717) is 5.25 Å². The van der Waals surface area contributed by atoms with Crippen LogP contribution < -0.4 is 5.43 Å². The molecule has 1 heterocycles. The largest absolute Gasteiger partial charge is 0.269 e. The molecule has 68 valence electrons. The fraction of sp³-hybridized carbons (Fsp3) is 0.400. The van der Waals surface area contributed by atoms with E-state index in [1.165, 1.54) is 11.1 Å². The van der Waals surface area contributed by atoms with Crippen molar-refractivity contribution in [3.05, 3.63) is 29.0 Å². The highest BCUT2D eigenvalue weighted by molar-refractivity contribution is 7.99. The van der Waals surface area contributed by atoms with Crippen molar-refractivity contribution >= 4 is 17.6 Å². The van der Waals surface area contributed by atoms with E-state index in [-0.39, 0.29) is 0 Å². The highest BCUT2D eigenvalue weighted by Gasteiger charge is 2.18. The molecule has 0 radical (unpaired) electrons. The van der Waals surface area contributed by atoms with Gasteiger partial charge < -0.3 is 0 Å². The van der Waals surface area contributed by atoms with Crippen molar-refractivity contribution in [3.63, 3.8) is 0 Å². The molecule has 0 unspecified atom stereocenters. The minimum Gasteiger partial charge on any atom is -0.269 e. The van der Waals surface area contributed by atoms with Crippen LogP contribution in [0.15, 0.2) is 34.1 Å². The first-order chi connectivity index (χ1) is 6.31. The second-order valence-corrected chi connectivity index (χ2v) is 4.37. The molecule has 0 aromatic heterocycles. The molecule has 1 atom stereocenters. The van der Waals surface area contributed by atoms with Gasteiger partial charge >= 0.3 is 0 Å². The maximum atomic E-state index is 3.90. The van der Waals surface area contributed by atoms with Gasteiger partial charge in [-0.25, -0.2) is 0 Å². The molecule has 0 amide bonds. The summed E-state index contributed by atoms with van der Waals surface area (Å²) >= 11 is 1.88. The molecule has 1 aliphatic carbocycles. The fourth-order valence-electron chi connectivity index (χ4n) is 1.44. The zero-order valence-corrected chi connectivity index (χ0v) is 8.61. The first kappa shape index (κ1) is 8.67. The molecular weight excluding hydrogens is 180 g/mol. The molecule has 2 nitrogen and oxygen atoms in total. The van der Waals surface area contributed by atoms with Gasteiger partial charge in [0.2, 0.25) is 0 Å². The molecule has 0 saturated heterocycles. The minimum absolute atomic E-state index is 0.590. The first-order valence-electron chi connectivity index (χ1n) is 4.32. The van der Waals surface area contributed by atoms with E-state index in [0.717, 1.165) is 12.1 Å². The Labute approximate surface area is 82.5 Å². The van der Waals surface area contributed by atoms with Crippen LogP contribution in [0.25, 0.3) is 0 Å². The SMILES string of the molecule is CS[C@H](C)C1=CC=C2NN=C=C2C1. The Bertz CT molecular complexity index is 346. The number of thioether (sulfide) groups is 1. The van der Waals surface area contributed by atoms with Crippen LogP contribution in [0.3, 0.4) is 0 Å².